The van der Waals surface area contributed by atoms with E-state index in [0.717, 1.165) is 31.0 Å². The molecule has 3 unspecified atom stereocenters. The van der Waals surface area contributed by atoms with Crippen molar-refractivity contribution in [2.24, 2.45) is 0 Å². The van der Waals surface area contributed by atoms with Crippen molar-refractivity contribution in [3.8, 4) is 0 Å². The van der Waals surface area contributed by atoms with Gasteiger partial charge in [0.1, 0.15) is 30.3 Å². The van der Waals surface area contributed by atoms with Gasteiger partial charge in [-0.25, -0.2) is 18.1 Å². The molecule has 16 nitrogen and oxygen atoms in total. The van der Waals surface area contributed by atoms with Gasteiger partial charge >= 0.3 is 23.5 Å². The van der Waals surface area contributed by atoms with Crippen LogP contribution in [-0.4, -0.2) is 76.9 Å². The van der Waals surface area contributed by atoms with Gasteiger partial charge in [-0.05, 0) is 13.8 Å². The lowest BCUT2D eigenvalue weighted by atomic mass is 9.88. The predicted molar refractivity (Wildman–Crippen MR) is 103 cm³/mol. The van der Waals surface area contributed by atoms with Gasteiger partial charge in [0.25, 0.3) is 5.91 Å². The standard InChI is InChI=1S/C13H22FN2O14P3/c1-7-15-8(17)4-5-16(7)11-13(19,6-14)9(18)10(27-11)12(2,3)28-32(23,24)30-33(25,26)29-31(20,21)22/h4-5,9-11,18-19H,1,6H2,2-3H3,(H,15,17)(H,23,24)(H,25,26)(H2,20,21,22)/t9-,10-,11+,13?/m0/s1. The van der Waals surface area contributed by atoms with Crippen LogP contribution in [0.4, 0.5) is 4.39 Å². The third kappa shape index (κ3) is 6.55. The predicted octanol–water partition coefficient (Wildman–Crippen LogP) is -0.689. The average molecular weight is 542 g/mol. The highest BCUT2D eigenvalue weighted by atomic mass is 31.3. The Morgan fingerprint density at radius 1 is 1.24 bits per heavy atom. The van der Waals surface area contributed by atoms with Gasteiger partial charge in [0.05, 0.1) is 0 Å². The van der Waals surface area contributed by atoms with Gasteiger partial charge in [-0.2, -0.15) is 8.62 Å². The van der Waals surface area contributed by atoms with E-state index in [1.165, 1.54) is 0 Å². The molecule has 0 aliphatic carbocycles. The normalized spacial score (nSPS) is 32.4. The Balaban J connectivity index is 2.29. The van der Waals surface area contributed by atoms with Crippen LogP contribution in [0.5, 0.6) is 0 Å². The summed E-state index contributed by atoms with van der Waals surface area (Å²) in [6, 6.07) is 0. The van der Waals surface area contributed by atoms with Crippen molar-refractivity contribution in [2.75, 3.05) is 6.67 Å². The number of aliphatic hydroxyl groups excluding tert-OH is 1. The molecular weight excluding hydrogens is 520 g/mol. The SMILES string of the molecule is C=C1NC(=O)C=CN1[C@@H]1O[C@H](C(C)(C)OP(=O)(O)OP(=O)(O)OP(=O)(O)O)[C@H](O)C1(O)CF. The number of carbonyl (C=O) groups is 1. The van der Waals surface area contributed by atoms with Crippen LogP contribution in [0.2, 0.25) is 0 Å². The Labute approximate surface area is 185 Å². The molecule has 0 spiro atoms. The summed E-state index contributed by atoms with van der Waals surface area (Å²) < 4.78 is 65.7. The van der Waals surface area contributed by atoms with Crippen molar-refractivity contribution in [3.05, 3.63) is 24.7 Å². The maximum absolute atomic E-state index is 13.8. The van der Waals surface area contributed by atoms with Crippen LogP contribution in [0.3, 0.4) is 0 Å². The maximum Gasteiger partial charge on any atom is 0.490 e. The van der Waals surface area contributed by atoms with E-state index >= 15 is 0 Å². The van der Waals surface area contributed by atoms with Gasteiger partial charge in [-0.1, -0.05) is 6.58 Å². The fourth-order valence-electron chi connectivity index (χ4n) is 3.09. The Morgan fingerprint density at radius 3 is 2.30 bits per heavy atom. The molecular formula is C13H22FN2O14P3. The molecule has 0 radical (unpaired) electrons. The summed E-state index contributed by atoms with van der Waals surface area (Å²) in [7, 11) is -17.1. The zero-order valence-electron chi connectivity index (χ0n) is 16.9. The molecule has 6 atom stereocenters. The summed E-state index contributed by atoms with van der Waals surface area (Å²) in [5.41, 5.74) is -4.87. The molecule has 20 heteroatoms. The van der Waals surface area contributed by atoms with E-state index in [9.17, 15) is 42.9 Å². The van der Waals surface area contributed by atoms with Gasteiger partial charge in [-0.15, -0.1) is 0 Å². The van der Waals surface area contributed by atoms with Crippen molar-refractivity contribution in [2.45, 2.75) is 43.5 Å². The number of phosphoric acid groups is 3. The summed E-state index contributed by atoms with van der Waals surface area (Å²) in [4.78, 5) is 48.6. The lowest BCUT2D eigenvalue weighted by Crippen LogP contribution is -2.58. The molecule has 1 saturated heterocycles. The highest BCUT2D eigenvalue weighted by molar-refractivity contribution is 7.66. The summed E-state index contributed by atoms with van der Waals surface area (Å²) in [6.45, 7) is 3.88. The summed E-state index contributed by atoms with van der Waals surface area (Å²) in [6.07, 6.45) is -3.65. The number of carbonyl (C=O) groups excluding carboxylic acids is 1. The molecule has 2 aliphatic rings. The topological polar surface area (TPSA) is 242 Å². The minimum absolute atomic E-state index is 0.169. The Morgan fingerprint density at radius 2 is 1.82 bits per heavy atom. The fourth-order valence-corrected chi connectivity index (χ4v) is 6.42. The molecule has 1 fully saturated rings. The van der Waals surface area contributed by atoms with Gasteiger partial charge in [-0.3, -0.25) is 9.32 Å². The van der Waals surface area contributed by atoms with E-state index in [2.05, 4.69) is 20.5 Å². The number of halogens is 1. The second-order valence-corrected chi connectivity index (χ2v) is 11.8. The number of ether oxygens (including phenoxy) is 1. The first-order valence-corrected chi connectivity index (χ1v) is 13.2. The quantitative estimate of drug-likeness (QED) is 0.178. The molecule has 190 valence electrons. The summed E-state index contributed by atoms with van der Waals surface area (Å²) in [5, 5.41) is 23.5. The number of aliphatic hydroxyl groups is 2. The molecule has 2 rings (SSSR count). The number of hydrogen-bond donors (Lipinski definition) is 7. The lowest BCUT2D eigenvalue weighted by molar-refractivity contribution is -0.142. The Bertz CT molecular complexity index is 983. The third-order valence-corrected chi connectivity index (χ3v) is 8.41. The lowest BCUT2D eigenvalue weighted by Gasteiger charge is -2.37. The second-order valence-electron chi connectivity index (χ2n) is 7.42. The number of rotatable bonds is 9. The second kappa shape index (κ2) is 9.21. The zero-order valence-corrected chi connectivity index (χ0v) is 19.6. The monoisotopic (exact) mass is 542 g/mol. The molecule has 33 heavy (non-hydrogen) atoms. The van der Waals surface area contributed by atoms with E-state index in [0.29, 0.717) is 0 Å². The number of phosphoric ester groups is 1. The number of hydrogen-bond acceptors (Lipinski definition) is 11. The van der Waals surface area contributed by atoms with Crippen LogP contribution < -0.4 is 5.32 Å². The summed E-state index contributed by atoms with van der Waals surface area (Å²) in [5.74, 6) is -0.763. The number of nitrogens with zero attached hydrogens (tertiary/aromatic N) is 1. The van der Waals surface area contributed by atoms with Crippen LogP contribution in [0, 0.1) is 0 Å². The maximum atomic E-state index is 13.8. The molecule has 0 aromatic rings. The third-order valence-electron chi connectivity index (χ3n) is 4.39. The zero-order chi connectivity index (χ0) is 25.6. The molecule has 2 heterocycles. The van der Waals surface area contributed by atoms with Crippen LogP contribution in [0.1, 0.15) is 13.8 Å². The first kappa shape index (κ1) is 28.2. The number of alkyl halides is 1. The first-order valence-electron chi connectivity index (χ1n) is 8.66. The fraction of sp³-hybridized carbons (Fsp3) is 0.615. The van der Waals surface area contributed by atoms with Crippen LogP contribution in [-0.2, 0) is 36.4 Å². The van der Waals surface area contributed by atoms with Gasteiger partial charge in [0.2, 0.25) is 0 Å². The van der Waals surface area contributed by atoms with E-state index in [4.69, 9.17) is 19.0 Å². The molecule has 0 aromatic carbocycles. The molecule has 0 saturated carbocycles. The number of amides is 1. The summed E-state index contributed by atoms with van der Waals surface area (Å²) >= 11 is 0. The van der Waals surface area contributed by atoms with E-state index in [1.54, 1.807) is 0 Å². The highest BCUT2D eigenvalue weighted by Crippen LogP contribution is 2.67. The molecule has 2 aliphatic heterocycles. The van der Waals surface area contributed by atoms with Gasteiger partial charge in [0, 0.05) is 12.3 Å². The van der Waals surface area contributed by atoms with Crippen molar-refractivity contribution in [1.29, 1.82) is 0 Å². The molecule has 0 bridgehead atoms. The van der Waals surface area contributed by atoms with Crippen LogP contribution in [0.15, 0.2) is 24.7 Å². The molecule has 0 aromatic heterocycles. The highest BCUT2D eigenvalue weighted by Gasteiger charge is 2.63. The number of nitrogens with one attached hydrogen (secondary N) is 1. The minimum Gasteiger partial charge on any atom is -0.387 e. The van der Waals surface area contributed by atoms with Crippen LogP contribution in [0.25, 0.3) is 0 Å². The van der Waals surface area contributed by atoms with E-state index in [1.807, 2.05) is 0 Å². The van der Waals surface area contributed by atoms with Crippen molar-refractivity contribution < 1.29 is 70.5 Å². The van der Waals surface area contributed by atoms with Crippen molar-refractivity contribution in [1.82, 2.24) is 10.2 Å². The first-order chi connectivity index (χ1) is 14.7. The van der Waals surface area contributed by atoms with E-state index in [-0.39, 0.29) is 5.82 Å². The van der Waals surface area contributed by atoms with Gasteiger partial charge < -0.3 is 44.7 Å². The van der Waals surface area contributed by atoms with Crippen molar-refractivity contribution in [3.63, 3.8) is 0 Å². The molecule has 1 amide bonds. The Kier molecular flexibility index (Phi) is 7.87. The minimum atomic E-state index is -5.83. The average Bonchev–Trinajstić information content (AvgIpc) is 2.83. The van der Waals surface area contributed by atoms with Crippen molar-refractivity contribution >= 4 is 29.4 Å². The molecule has 7 N–H and O–H groups in total. The van der Waals surface area contributed by atoms with Gasteiger partial charge in [0.15, 0.2) is 11.8 Å². The van der Waals surface area contributed by atoms with Crippen LogP contribution >= 0.6 is 23.5 Å². The van der Waals surface area contributed by atoms with E-state index < -0.39 is 65.7 Å². The smallest absolute Gasteiger partial charge is 0.387 e. The Hall–Kier alpha value is -1.03. The largest absolute Gasteiger partial charge is 0.490 e.